The minimum atomic E-state index is 0. The summed E-state index contributed by atoms with van der Waals surface area (Å²) in [5.41, 5.74) is 1.98. The smallest absolute Gasteiger partial charge is 0.238 e. The lowest BCUT2D eigenvalue weighted by Gasteiger charge is -2.17. The summed E-state index contributed by atoms with van der Waals surface area (Å²) in [5.74, 6) is 1.55. The standard InChI is InChI=1S/C15H20BrN3O.ClH/c1-10-4-13(16)2-3-14(10)18-15(20)9-19-7-11-5-17-6-12(11)8-19;/h2-4,11-12,17H,5-9H2,1H3,(H,18,20);1H/t11-,12+;. The molecule has 116 valence electrons. The second-order valence-electron chi connectivity index (χ2n) is 5.88. The third-order valence-corrected chi connectivity index (χ3v) is 4.79. The Kier molecular flexibility index (Phi) is 5.66. The number of carbonyl (C=O) groups is 1. The van der Waals surface area contributed by atoms with Gasteiger partial charge in [-0.3, -0.25) is 9.69 Å². The molecular formula is C15H21BrClN3O. The summed E-state index contributed by atoms with van der Waals surface area (Å²) in [6.07, 6.45) is 0. The second-order valence-corrected chi connectivity index (χ2v) is 6.80. The average molecular weight is 375 g/mol. The van der Waals surface area contributed by atoms with E-state index in [9.17, 15) is 4.79 Å². The molecule has 2 saturated heterocycles. The third-order valence-electron chi connectivity index (χ3n) is 4.29. The van der Waals surface area contributed by atoms with E-state index in [0.29, 0.717) is 6.54 Å². The van der Waals surface area contributed by atoms with Crippen LogP contribution < -0.4 is 10.6 Å². The van der Waals surface area contributed by atoms with Gasteiger partial charge in [0.1, 0.15) is 0 Å². The van der Waals surface area contributed by atoms with Crippen molar-refractivity contribution in [1.29, 1.82) is 0 Å². The Morgan fingerprint density at radius 3 is 2.67 bits per heavy atom. The van der Waals surface area contributed by atoms with Crippen LogP contribution >= 0.6 is 28.3 Å². The van der Waals surface area contributed by atoms with E-state index < -0.39 is 0 Å². The highest BCUT2D eigenvalue weighted by atomic mass is 79.9. The van der Waals surface area contributed by atoms with E-state index in [4.69, 9.17) is 0 Å². The normalized spacial score (nSPS) is 24.5. The van der Waals surface area contributed by atoms with Crippen molar-refractivity contribution >= 4 is 39.9 Å². The predicted octanol–water partition coefficient (Wildman–Crippen LogP) is 2.27. The highest BCUT2D eigenvalue weighted by Crippen LogP contribution is 2.26. The number of anilines is 1. The molecule has 0 saturated carbocycles. The fourth-order valence-corrected chi connectivity index (χ4v) is 3.72. The van der Waals surface area contributed by atoms with Crippen molar-refractivity contribution < 1.29 is 4.79 Å². The molecule has 0 spiro atoms. The number of benzene rings is 1. The zero-order valence-electron chi connectivity index (χ0n) is 12.1. The Labute approximate surface area is 140 Å². The highest BCUT2D eigenvalue weighted by Gasteiger charge is 2.36. The van der Waals surface area contributed by atoms with Crippen molar-refractivity contribution in [3.63, 3.8) is 0 Å². The molecular weight excluding hydrogens is 354 g/mol. The van der Waals surface area contributed by atoms with Crippen molar-refractivity contribution in [2.75, 3.05) is 38.0 Å². The van der Waals surface area contributed by atoms with Crippen LogP contribution in [0.25, 0.3) is 0 Å². The van der Waals surface area contributed by atoms with Gasteiger partial charge >= 0.3 is 0 Å². The molecule has 1 amide bonds. The van der Waals surface area contributed by atoms with E-state index in [1.807, 2.05) is 25.1 Å². The Balaban J connectivity index is 0.00000161. The first-order valence-corrected chi connectivity index (χ1v) is 7.90. The van der Waals surface area contributed by atoms with Crippen molar-refractivity contribution in [2.45, 2.75) is 6.92 Å². The van der Waals surface area contributed by atoms with Crippen LogP contribution in [0.5, 0.6) is 0 Å². The molecule has 6 heteroatoms. The van der Waals surface area contributed by atoms with Crippen LogP contribution in [-0.4, -0.2) is 43.5 Å². The molecule has 0 aliphatic carbocycles. The van der Waals surface area contributed by atoms with Gasteiger partial charge in [0, 0.05) is 23.2 Å². The van der Waals surface area contributed by atoms with Crippen LogP contribution in [0.2, 0.25) is 0 Å². The number of likely N-dealkylation sites (tertiary alicyclic amines) is 1. The fraction of sp³-hybridized carbons (Fsp3) is 0.533. The number of amides is 1. The average Bonchev–Trinajstić information content (AvgIpc) is 2.93. The zero-order chi connectivity index (χ0) is 14.1. The summed E-state index contributed by atoms with van der Waals surface area (Å²) < 4.78 is 1.04. The number of hydrogen-bond acceptors (Lipinski definition) is 3. The van der Waals surface area contributed by atoms with Crippen molar-refractivity contribution in [3.05, 3.63) is 28.2 Å². The lowest BCUT2D eigenvalue weighted by Crippen LogP contribution is -2.33. The lowest BCUT2D eigenvalue weighted by atomic mass is 10.0. The summed E-state index contributed by atoms with van der Waals surface area (Å²) in [4.78, 5) is 14.4. The van der Waals surface area contributed by atoms with Crippen LogP contribution in [0.4, 0.5) is 5.69 Å². The summed E-state index contributed by atoms with van der Waals surface area (Å²) in [7, 11) is 0. The molecule has 1 aromatic rings. The second kappa shape index (κ2) is 7.09. The molecule has 2 atom stereocenters. The Morgan fingerprint density at radius 1 is 1.38 bits per heavy atom. The Bertz CT molecular complexity index is 514. The molecule has 0 bridgehead atoms. The minimum Gasteiger partial charge on any atom is -0.325 e. The maximum Gasteiger partial charge on any atom is 0.238 e. The van der Waals surface area contributed by atoms with E-state index in [1.165, 1.54) is 0 Å². The van der Waals surface area contributed by atoms with Crippen LogP contribution in [0.15, 0.2) is 22.7 Å². The summed E-state index contributed by atoms with van der Waals surface area (Å²) in [6.45, 7) is 6.81. The number of carbonyl (C=O) groups excluding carboxylic acids is 1. The quantitative estimate of drug-likeness (QED) is 0.853. The Hall–Kier alpha value is -0.620. The molecule has 0 unspecified atom stereocenters. The van der Waals surface area contributed by atoms with Gasteiger partial charge in [0.2, 0.25) is 5.91 Å². The monoisotopic (exact) mass is 373 g/mol. The number of halogens is 2. The number of aryl methyl sites for hydroxylation is 1. The highest BCUT2D eigenvalue weighted by molar-refractivity contribution is 9.10. The maximum absolute atomic E-state index is 12.1. The van der Waals surface area contributed by atoms with Crippen LogP contribution in [0, 0.1) is 18.8 Å². The van der Waals surface area contributed by atoms with Crippen molar-refractivity contribution in [1.82, 2.24) is 10.2 Å². The van der Waals surface area contributed by atoms with Crippen LogP contribution in [0.3, 0.4) is 0 Å². The molecule has 2 fully saturated rings. The number of nitrogens with zero attached hydrogens (tertiary/aromatic N) is 1. The fourth-order valence-electron chi connectivity index (χ4n) is 3.24. The van der Waals surface area contributed by atoms with E-state index in [0.717, 1.165) is 53.7 Å². The summed E-state index contributed by atoms with van der Waals surface area (Å²) in [6, 6.07) is 5.91. The molecule has 21 heavy (non-hydrogen) atoms. The largest absolute Gasteiger partial charge is 0.325 e. The third kappa shape index (κ3) is 3.97. The first-order valence-electron chi connectivity index (χ1n) is 7.11. The van der Waals surface area contributed by atoms with E-state index in [-0.39, 0.29) is 18.3 Å². The molecule has 4 nitrogen and oxygen atoms in total. The van der Waals surface area contributed by atoms with E-state index in [1.54, 1.807) is 0 Å². The molecule has 0 radical (unpaired) electrons. The SMILES string of the molecule is Cc1cc(Br)ccc1NC(=O)CN1C[C@H]2CNC[C@H]2C1.Cl. The molecule has 2 aliphatic heterocycles. The van der Waals surface area contributed by atoms with Gasteiger partial charge in [0.15, 0.2) is 0 Å². The van der Waals surface area contributed by atoms with Gasteiger partial charge in [-0.2, -0.15) is 0 Å². The van der Waals surface area contributed by atoms with E-state index >= 15 is 0 Å². The van der Waals surface area contributed by atoms with Gasteiger partial charge in [0.25, 0.3) is 0 Å². The molecule has 3 rings (SSSR count). The molecule has 2 aliphatic rings. The number of nitrogens with one attached hydrogen (secondary N) is 2. The van der Waals surface area contributed by atoms with Gasteiger partial charge in [-0.15, -0.1) is 12.4 Å². The van der Waals surface area contributed by atoms with Crippen molar-refractivity contribution in [2.24, 2.45) is 11.8 Å². The van der Waals surface area contributed by atoms with Gasteiger partial charge in [0.05, 0.1) is 6.54 Å². The first kappa shape index (κ1) is 16.7. The predicted molar refractivity (Wildman–Crippen MR) is 91.0 cm³/mol. The van der Waals surface area contributed by atoms with Gasteiger partial charge < -0.3 is 10.6 Å². The first-order chi connectivity index (χ1) is 9.61. The Morgan fingerprint density at radius 2 is 2.05 bits per heavy atom. The topological polar surface area (TPSA) is 44.4 Å². The zero-order valence-corrected chi connectivity index (χ0v) is 14.5. The lowest BCUT2D eigenvalue weighted by molar-refractivity contribution is -0.117. The maximum atomic E-state index is 12.1. The van der Waals surface area contributed by atoms with E-state index in [2.05, 4.69) is 31.5 Å². The van der Waals surface area contributed by atoms with Gasteiger partial charge in [-0.05, 0) is 55.6 Å². The molecule has 2 heterocycles. The minimum absolute atomic E-state index is 0. The summed E-state index contributed by atoms with van der Waals surface area (Å²) >= 11 is 3.43. The van der Waals surface area contributed by atoms with Gasteiger partial charge in [-0.1, -0.05) is 15.9 Å². The molecule has 1 aromatic carbocycles. The molecule has 2 N–H and O–H groups in total. The van der Waals surface area contributed by atoms with Gasteiger partial charge in [-0.25, -0.2) is 0 Å². The van der Waals surface area contributed by atoms with Crippen LogP contribution in [-0.2, 0) is 4.79 Å². The van der Waals surface area contributed by atoms with Crippen LogP contribution in [0.1, 0.15) is 5.56 Å². The number of rotatable bonds is 3. The molecule has 0 aromatic heterocycles. The number of hydrogen-bond donors (Lipinski definition) is 2. The number of fused-ring (bicyclic) bond motifs is 1. The van der Waals surface area contributed by atoms with Crippen molar-refractivity contribution in [3.8, 4) is 0 Å². The summed E-state index contributed by atoms with van der Waals surface area (Å²) in [5, 5.41) is 6.43.